The molecular weight excluding hydrogens is 419 g/mol. The van der Waals surface area contributed by atoms with E-state index in [2.05, 4.69) is 15.2 Å². The van der Waals surface area contributed by atoms with Crippen molar-refractivity contribution in [2.45, 2.75) is 44.6 Å². The molecule has 1 N–H and O–H groups in total. The third-order valence-electron chi connectivity index (χ3n) is 5.08. The maximum Gasteiger partial charge on any atom is 0.251 e. The number of carbonyl (C=O) groups is 1. The molecule has 2 aliphatic heterocycles. The summed E-state index contributed by atoms with van der Waals surface area (Å²) in [6, 6.07) is 0. The second kappa shape index (κ2) is 9.79. The highest BCUT2D eigenvalue weighted by molar-refractivity contribution is 14.0. The molecule has 2 heterocycles. The Labute approximate surface area is 162 Å². The largest absolute Gasteiger partial charge is 0.368 e. The third kappa shape index (κ3) is 5.47. The van der Waals surface area contributed by atoms with Crippen LogP contribution in [0, 0.1) is 5.92 Å². The van der Waals surface area contributed by atoms with E-state index >= 15 is 0 Å². The highest BCUT2D eigenvalue weighted by Gasteiger charge is 2.30. The minimum atomic E-state index is -0.193. The molecule has 7 heteroatoms. The summed E-state index contributed by atoms with van der Waals surface area (Å²) in [4.78, 5) is 21.0. The first-order valence-electron chi connectivity index (χ1n) is 9.14. The first kappa shape index (κ1) is 19.8. The molecule has 0 aromatic heterocycles. The molecule has 0 aromatic carbocycles. The molecule has 0 radical (unpaired) electrons. The van der Waals surface area contributed by atoms with Gasteiger partial charge in [0.25, 0.3) is 5.91 Å². The first-order valence-corrected chi connectivity index (χ1v) is 9.14. The molecule has 1 unspecified atom stereocenters. The molecular formula is C17H31IN4O2. The fraction of sp³-hybridized carbons (Fsp3) is 0.882. The number of hydrogen-bond acceptors (Lipinski definition) is 3. The average Bonchev–Trinajstić information content (AvgIpc) is 3.25. The Morgan fingerprint density at radius 2 is 1.88 bits per heavy atom. The Morgan fingerprint density at radius 3 is 2.46 bits per heavy atom. The summed E-state index contributed by atoms with van der Waals surface area (Å²) in [7, 11) is 1.84. The predicted molar refractivity (Wildman–Crippen MR) is 106 cm³/mol. The van der Waals surface area contributed by atoms with Crippen molar-refractivity contribution in [2.75, 3.05) is 46.4 Å². The normalized spacial score (nSPS) is 24.7. The van der Waals surface area contributed by atoms with Gasteiger partial charge in [0.05, 0.1) is 0 Å². The number of nitrogens with zero attached hydrogens (tertiary/aromatic N) is 3. The zero-order valence-corrected chi connectivity index (χ0v) is 17.0. The average molecular weight is 450 g/mol. The van der Waals surface area contributed by atoms with Crippen molar-refractivity contribution < 1.29 is 9.53 Å². The second-order valence-electron chi connectivity index (χ2n) is 6.87. The lowest BCUT2D eigenvalue weighted by atomic mass is 10.2. The first-order chi connectivity index (χ1) is 11.3. The number of ether oxygens (including phenoxy) is 1. The van der Waals surface area contributed by atoms with Gasteiger partial charge in [-0.25, -0.2) is 0 Å². The van der Waals surface area contributed by atoms with E-state index in [-0.39, 0.29) is 36.0 Å². The molecule has 3 fully saturated rings. The second-order valence-corrected chi connectivity index (χ2v) is 6.87. The van der Waals surface area contributed by atoms with Crippen molar-refractivity contribution in [2.24, 2.45) is 10.9 Å². The molecule has 138 valence electrons. The van der Waals surface area contributed by atoms with Crippen molar-refractivity contribution in [1.29, 1.82) is 0 Å². The molecule has 6 nitrogen and oxygen atoms in total. The molecule has 1 atom stereocenters. The number of hydrogen-bond donors (Lipinski definition) is 1. The van der Waals surface area contributed by atoms with Crippen LogP contribution in [0.1, 0.15) is 38.5 Å². The molecule has 3 aliphatic rings. The van der Waals surface area contributed by atoms with Crippen molar-refractivity contribution >= 4 is 35.8 Å². The van der Waals surface area contributed by atoms with Gasteiger partial charge in [-0.3, -0.25) is 9.79 Å². The van der Waals surface area contributed by atoms with E-state index in [0.29, 0.717) is 0 Å². The van der Waals surface area contributed by atoms with Crippen molar-refractivity contribution in [3.05, 3.63) is 0 Å². The number of amides is 1. The van der Waals surface area contributed by atoms with Crippen molar-refractivity contribution in [3.63, 3.8) is 0 Å². The Balaban J connectivity index is 0.00000208. The summed E-state index contributed by atoms with van der Waals surface area (Å²) in [5.74, 6) is 2.14. The molecule has 3 rings (SSSR count). The van der Waals surface area contributed by atoms with E-state index in [1.165, 1.54) is 25.7 Å². The van der Waals surface area contributed by atoms with Gasteiger partial charge in [-0.1, -0.05) is 12.8 Å². The molecule has 1 amide bonds. The van der Waals surface area contributed by atoms with E-state index in [9.17, 15) is 4.79 Å². The van der Waals surface area contributed by atoms with Crippen molar-refractivity contribution in [3.8, 4) is 0 Å². The van der Waals surface area contributed by atoms with Gasteiger partial charge in [0, 0.05) is 46.4 Å². The number of rotatable bonds is 5. The molecule has 2 saturated heterocycles. The van der Waals surface area contributed by atoms with Crippen molar-refractivity contribution in [1.82, 2.24) is 15.1 Å². The molecule has 24 heavy (non-hydrogen) atoms. The number of piperazine rings is 1. The molecule has 0 bridgehead atoms. The zero-order valence-electron chi connectivity index (χ0n) is 14.7. The molecule has 1 saturated carbocycles. The third-order valence-corrected chi connectivity index (χ3v) is 5.08. The van der Waals surface area contributed by atoms with Gasteiger partial charge in [0.15, 0.2) is 5.96 Å². The Morgan fingerprint density at radius 1 is 1.17 bits per heavy atom. The van der Waals surface area contributed by atoms with Gasteiger partial charge in [-0.2, -0.15) is 0 Å². The van der Waals surface area contributed by atoms with Crippen LogP contribution in [-0.2, 0) is 9.53 Å². The van der Waals surface area contributed by atoms with Gasteiger partial charge >= 0.3 is 0 Å². The Bertz CT molecular complexity index is 428. The summed E-state index contributed by atoms with van der Waals surface area (Å²) < 4.78 is 5.51. The minimum Gasteiger partial charge on any atom is -0.368 e. The van der Waals surface area contributed by atoms with Crippen LogP contribution in [0.15, 0.2) is 4.99 Å². The number of aliphatic imine (C=N–C) groups is 1. The van der Waals surface area contributed by atoms with E-state index in [1.807, 2.05) is 11.9 Å². The van der Waals surface area contributed by atoms with Crippen LogP contribution in [0.2, 0.25) is 0 Å². The van der Waals surface area contributed by atoms with Gasteiger partial charge < -0.3 is 19.9 Å². The molecule has 1 aliphatic carbocycles. The summed E-state index contributed by atoms with van der Waals surface area (Å²) in [6.07, 6.45) is 7.11. The number of halogens is 1. The number of carbonyl (C=O) groups excluding carboxylic acids is 1. The topological polar surface area (TPSA) is 57.2 Å². The standard InChI is InChI=1S/C17H30N4O2.HI/c1-18-17(19-8-2-4-14-6-7-14)21-11-9-20(10-12-21)16(22)15-5-3-13-23-15;/h14-15H,2-13H2,1H3,(H,18,19);1H. The van der Waals surface area contributed by atoms with Crippen LogP contribution in [0.4, 0.5) is 0 Å². The van der Waals surface area contributed by atoms with E-state index in [4.69, 9.17) is 4.74 Å². The van der Waals surface area contributed by atoms with E-state index in [0.717, 1.165) is 64.0 Å². The summed E-state index contributed by atoms with van der Waals surface area (Å²) in [5.41, 5.74) is 0. The lowest BCUT2D eigenvalue weighted by Crippen LogP contribution is -2.55. The minimum absolute atomic E-state index is 0. The summed E-state index contributed by atoms with van der Waals surface area (Å²) in [5, 5.41) is 3.47. The van der Waals surface area contributed by atoms with Crippen LogP contribution in [-0.4, -0.2) is 74.1 Å². The highest BCUT2D eigenvalue weighted by atomic mass is 127. The maximum absolute atomic E-state index is 12.4. The summed E-state index contributed by atoms with van der Waals surface area (Å²) >= 11 is 0. The van der Waals surface area contributed by atoms with Gasteiger partial charge in [-0.15, -0.1) is 24.0 Å². The smallest absolute Gasteiger partial charge is 0.251 e. The van der Waals surface area contributed by atoms with Gasteiger partial charge in [0.2, 0.25) is 0 Å². The van der Waals surface area contributed by atoms with Crippen LogP contribution in [0.25, 0.3) is 0 Å². The number of nitrogens with one attached hydrogen (secondary N) is 1. The monoisotopic (exact) mass is 450 g/mol. The van der Waals surface area contributed by atoms with Gasteiger partial charge in [-0.05, 0) is 31.6 Å². The Hall–Kier alpha value is -0.570. The van der Waals surface area contributed by atoms with Crippen LogP contribution in [0.5, 0.6) is 0 Å². The molecule has 0 spiro atoms. The predicted octanol–water partition coefficient (Wildman–Crippen LogP) is 1.69. The fourth-order valence-corrected chi connectivity index (χ4v) is 3.44. The zero-order chi connectivity index (χ0) is 16.1. The summed E-state index contributed by atoms with van der Waals surface area (Å²) in [6.45, 7) is 4.95. The SMILES string of the molecule is CN=C(NCCCC1CC1)N1CCN(C(=O)C2CCCO2)CC1.I. The quantitative estimate of drug-likeness (QED) is 0.300. The van der Waals surface area contributed by atoms with Crippen LogP contribution in [0.3, 0.4) is 0 Å². The fourth-order valence-electron chi connectivity index (χ4n) is 3.44. The van der Waals surface area contributed by atoms with Crippen LogP contribution < -0.4 is 5.32 Å². The Kier molecular flexibility index (Phi) is 8.06. The lowest BCUT2D eigenvalue weighted by Gasteiger charge is -2.37. The van der Waals surface area contributed by atoms with Crippen LogP contribution >= 0.6 is 24.0 Å². The maximum atomic E-state index is 12.4. The lowest BCUT2D eigenvalue weighted by molar-refractivity contribution is -0.142. The van der Waals surface area contributed by atoms with E-state index < -0.39 is 0 Å². The highest BCUT2D eigenvalue weighted by Crippen LogP contribution is 2.33. The van der Waals surface area contributed by atoms with Gasteiger partial charge in [0.1, 0.15) is 6.10 Å². The molecule has 0 aromatic rings. The van der Waals surface area contributed by atoms with E-state index in [1.54, 1.807) is 0 Å². The number of guanidine groups is 1.